The quantitative estimate of drug-likeness (QED) is 0.836. The highest BCUT2D eigenvalue weighted by Crippen LogP contribution is 2.27. The summed E-state index contributed by atoms with van der Waals surface area (Å²) >= 11 is 0. The SMILES string of the molecule is Oc1ccc(OCc2ccccc2)cc1C[C@H]1CO1. The zero-order valence-electron chi connectivity index (χ0n) is 10.6. The molecule has 2 aromatic rings. The minimum atomic E-state index is 0.260. The molecule has 1 heterocycles. The van der Waals surface area contributed by atoms with Gasteiger partial charge in [0.1, 0.15) is 18.1 Å². The average molecular weight is 256 g/mol. The maximum Gasteiger partial charge on any atom is 0.120 e. The molecule has 0 saturated carbocycles. The third-order valence-corrected chi connectivity index (χ3v) is 3.15. The lowest BCUT2D eigenvalue weighted by atomic mass is 10.1. The molecule has 3 heteroatoms. The van der Waals surface area contributed by atoms with E-state index in [9.17, 15) is 5.11 Å². The normalized spacial score (nSPS) is 17.2. The minimum Gasteiger partial charge on any atom is -0.508 e. The summed E-state index contributed by atoms with van der Waals surface area (Å²) < 4.78 is 10.9. The van der Waals surface area contributed by atoms with Gasteiger partial charge in [-0.3, -0.25) is 0 Å². The van der Waals surface area contributed by atoms with Gasteiger partial charge in [-0.1, -0.05) is 30.3 Å². The van der Waals surface area contributed by atoms with Gasteiger partial charge in [0.05, 0.1) is 12.7 Å². The lowest BCUT2D eigenvalue weighted by Gasteiger charge is -2.09. The summed E-state index contributed by atoms with van der Waals surface area (Å²) in [4.78, 5) is 0. The van der Waals surface area contributed by atoms with Gasteiger partial charge in [0, 0.05) is 12.0 Å². The first-order chi connectivity index (χ1) is 9.31. The summed E-state index contributed by atoms with van der Waals surface area (Å²) in [5.41, 5.74) is 2.01. The van der Waals surface area contributed by atoms with Crippen LogP contribution >= 0.6 is 0 Å². The number of rotatable bonds is 5. The second kappa shape index (κ2) is 5.33. The van der Waals surface area contributed by atoms with Crippen LogP contribution in [0.2, 0.25) is 0 Å². The molecule has 1 fully saturated rings. The number of epoxide rings is 1. The van der Waals surface area contributed by atoms with Gasteiger partial charge in [-0.2, -0.15) is 0 Å². The molecule has 1 aliphatic heterocycles. The van der Waals surface area contributed by atoms with Crippen molar-refractivity contribution in [1.29, 1.82) is 0 Å². The Hall–Kier alpha value is -2.00. The molecule has 1 atom stereocenters. The highest BCUT2D eigenvalue weighted by atomic mass is 16.6. The fourth-order valence-electron chi connectivity index (χ4n) is 1.99. The van der Waals surface area contributed by atoms with Crippen molar-refractivity contribution >= 4 is 0 Å². The molecule has 3 nitrogen and oxygen atoms in total. The monoisotopic (exact) mass is 256 g/mol. The molecule has 1 saturated heterocycles. The second-order valence-electron chi connectivity index (χ2n) is 4.72. The van der Waals surface area contributed by atoms with Crippen molar-refractivity contribution in [2.75, 3.05) is 6.61 Å². The van der Waals surface area contributed by atoms with Gasteiger partial charge in [-0.15, -0.1) is 0 Å². The molecule has 0 spiro atoms. The summed E-state index contributed by atoms with van der Waals surface area (Å²) in [6, 6.07) is 15.4. The standard InChI is InChI=1S/C16H16O3/c17-16-7-6-14(8-13(16)9-15-11-19-15)18-10-12-4-2-1-3-5-12/h1-8,15,17H,9-11H2/t15-/m0/s1. The van der Waals surface area contributed by atoms with Crippen molar-refractivity contribution in [2.45, 2.75) is 19.1 Å². The molecule has 0 unspecified atom stereocenters. The molecule has 19 heavy (non-hydrogen) atoms. The molecular formula is C16H16O3. The van der Waals surface area contributed by atoms with Crippen LogP contribution in [-0.2, 0) is 17.8 Å². The van der Waals surface area contributed by atoms with E-state index < -0.39 is 0 Å². The van der Waals surface area contributed by atoms with Crippen molar-refractivity contribution in [2.24, 2.45) is 0 Å². The molecule has 0 aliphatic carbocycles. The molecule has 1 N–H and O–H groups in total. The van der Waals surface area contributed by atoms with Crippen molar-refractivity contribution < 1.29 is 14.6 Å². The van der Waals surface area contributed by atoms with E-state index in [1.54, 1.807) is 12.1 Å². The molecule has 1 aliphatic rings. The Labute approximate surface area is 112 Å². The van der Waals surface area contributed by atoms with Gasteiger partial charge >= 0.3 is 0 Å². The molecular weight excluding hydrogens is 240 g/mol. The Morgan fingerprint density at radius 1 is 1.16 bits per heavy atom. The van der Waals surface area contributed by atoms with Gasteiger partial charge < -0.3 is 14.6 Å². The number of hydrogen-bond acceptors (Lipinski definition) is 3. The van der Waals surface area contributed by atoms with Gasteiger partial charge in [0.25, 0.3) is 0 Å². The molecule has 0 aromatic heterocycles. The van der Waals surface area contributed by atoms with E-state index in [0.29, 0.717) is 12.4 Å². The van der Waals surface area contributed by atoms with Gasteiger partial charge in [-0.25, -0.2) is 0 Å². The molecule has 0 radical (unpaired) electrons. The lowest BCUT2D eigenvalue weighted by molar-refractivity contribution is 0.305. The minimum absolute atomic E-state index is 0.260. The van der Waals surface area contributed by atoms with E-state index in [0.717, 1.165) is 29.9 Å². The van der Waals surface area contributed by atoms with Crippen molar-refractivity contribution in [3.63, 3.8) is 0 Å². The Morgan fingerprint density at radius 3 is 2.68 bits per heavy atom. The van der Waals surface area contributed by atoms with Gasteiger partial charge in [0.15, 0.2) is 0 Å². The van der Waals surface area contributed by atoms with Crippen molar-refractivity contribution in [3.05, 3.63) is 59.7 Å². The number of hydrogen-bond donors (Lipinski definition) is 1. The van der Waals surface area contributed by atoms with E-state index in [-0.39, 0.29) is 6.10 Å². The van der Waals surface area contributed by atoms with Crippen LogP contribution in [0.3, 0.4) is 0 Å². The molecule has 0 amide bonds. The van der Waals surface area contributed by atoms with Gasteiger partial charge in [0.2, 0.25) is 0 Å². The zero-order valence-corrected chi connectivity index (χ0v) is 10.6. The smallest absolute Gasteiger partial charge is 0.120 e. The van der Waals surface area contributed by atoms with E-state index >= 15 is 0 Å². The van der Waals surface area contributed by atoms with E-state index in [4.69, 9.17) is 9.47 Å². The Morgan fingerprint density at radius 2 is 1.95 bits per heavy atom. The molecule has 0 bridgehead atoms. The highest BCUT2D eigenvalue weighted by Gasteiger charge is 2.24. The van der Waals surface area contributed by atoms with Crippen LogP contribution in [0, 0.1) is 0 Å². The van der Waals surface area contributed by atoms with Crippen LogP contribution in [0.25, 0.3) is 0 Å². The van der Waals surface area contributed by atoms with Crippen molar-refractivity contribution in [1.82, 2.24) is 0 Å². The van der Waals surface area contributed by atoms with Crippen LogP contribution in [0.4, 0.5) is 0 Å². The van der Waals surface area contributed by atoms with Crippen LogP contribution in [0.15, 0.2) is 48.5 Å². The number of aromatic hydroxyl groups is 1. The molecule has 98 valence electrons. The first-order valence-corrected chi connectivity index (χ1v) is 6.41. The highest BCUT2D eigenvalue weighted by molar-refractivity contribution is 5.40. The second-order valence-corrected chi connectivity index (χ2v) is 4.72. The summed E-state index contributed by atoms with van der Waals surface area (Å²) in [6.45, 7) is 1.32. The van der Waals surface area contributed by atoms with E-state index in [1.165, 1.54) is 0 Å². The summed E-state index contributed by atoms with van der Waals surface area (Å²) in [7, 11) is 0. The van der Waals surface area contributed by atoms with E-state index in [2.05, 4.69) is 0 Å². The van der Waals surface area contributed by atoms with Gasteiger partial charge in [-0.05, 0) is 23.8 Å². The molecule has 3 rings (SSSR count). The Kier molecular flexibility index (Phi) is 3.38. The maximum absolute atomic E-state index is 9.79. The van der Waals surface area contributed by atoms with E-state index in [1.807, 2.05) is 36.4 Å². The summed E-state index contributed by atoms with van der Waals surface area (Å²) in [5, 5.41) is 9.79. The number of phenolic OH excluding ortho intramolecular Hbond substituents is 1. The first-order valence-electron chi connectivity index (χ1n) is 6.41. The number of benzene rings is 2. The summed E-state index contributed by atoms with van der Waals surface area (Å²) in [5.74, 6) is 1.08. The molecule has 2 aromatic carbocycles. The van der Waals surface area contributed by atoms with Crippen LogP contribution in [-0.4, -0.2) is 17.8 Å². The topological polar surface area (TPSA) is 42.0 Å². The third-order valence-electron chi connectivity index (χ3n) is 3.15. The largest absolute Gasteiger partial charge is 0.508 e. The van der Waals surface area contributed by atoms with Crippen molar-refractivity contribution in [3.8, 4) is 11.5 Å². The summed E-state index contributed by atoms with van der Waals surface area (Å²) in [6.07, 6.45) is 1.00. The number of phenols is 1. The zero-order chi connectivity index (χ0) is 13.1. The Bertz CT molecular complexity index is 547. The predicted octanol–water partition coefficient (Wildman–Crippen LogP) is 2.91. The van der Waals surface area contributed by atoms with Crippen LogP contribution < -0.4 is 4.74 Å². The maximum atomic E-state index is 9.79. The first kappa shape index (κ1) is 12.1. The number of ether oxygens (including phenoxy) is 2. The predicted molar refractivity (Wildman–Crippen MR) is 72.3 cm³/mol. The third kappa shape index (κ3) is 3.26. The average Bonchev–Trinajstić information content (AvgIpc) is 3.25. The van der Waals surface area contributed by atoms with Crippen LogP contribution in [0.5, 0.6) is 11.5 Å². The lowest BCUT2D eigenvalue weighted by Crippen LogP contribution is -1.98. The van der Waals surface area contributed by atoms with Crippen LogP contribution in [0.1, 0.15) is 11.1 Å². The fraction of sp³-hybridized carbons (Fsp3) is 0.250. The fourth-order valence-corrected chi connectivity index (χ4v) is 1.99. The Balaban J connectivity index is 1.67.